The predicted octanol–water partition coefficient (Wildman–Crippen LogP) is 4.08. The van der Waals surface area contributed by atoms with Gasteiger partial charge < -0.3 is 9.47 Å². The van der Waals surface area contributed by atoms with Gasteiger partial charge in [0.2, 0.25) is 0 Å². The molecule has 5 nitrogen and oxygen atoms in total. The molecule has 0 spiro atoms. The topological polar surface area (TPSA) is 48.7 Å². The van der Waals surface area contributed by atoms with E-state index in [1.165, 1.54) is 0 Å². The van der Waals surface area contributed by atoms with Gasteiger partial charge in [-0.15, -0.1) is 0 Å². The Kier molecular flexibility index (Phi) is 5.05. The summed E-state index contributed by atoms with van der Waals surface area (Å²) in [5, 5.41) is 0.924. The molecule has 0 fully saturated rings. The van der Waals surface area contributed by atoms with E-state index in [1.54, 1.807) is 31.1 Å². The molecular weight excluding hydrogens is 322 g/mol. The number of rotatable bonds is 7. The second-order valence-electron chi connectivity index (χ2n) is 4.98. The van der Waals surface area contributed by atoms with Crippen LogP contribution in [0.3, 0.4) is 0 Å². The fourth-order valence-corrected chi connectivity index (χ4v) is 3.08. The fraction of sp³-hybridized carbons (Fsp3) is 0.222. The molecule has 0 amide bonds. The van der Waals surface area contributed by atoms with E-state index in [4.69, 9.17) is 14.5 Å². The average molecular weight is 341 g/mol. The summed E-state index contributed by atoms with van der Waals surface area (Å²) in [6.07, 6.45) is 5.42. The van der Waals surface area contributed by atoms with E-state index in [-0.39, 0.29) is 0 Å². The number of hydrogen-bond acceptors (Lipinski definition) is 5. The number of fused-ring (bicyclic) bond motifs is 1. The lowest BCUT2D eigenvalue weighted by Gasteiger charge is -2.12. The van der Waals surface area contributed by atoms with Crippen molar-refractivity contribution in [1.29, 1.82) is 0 Å². The number of imidazole rings is 1. The largest absolute Gasteiger partial charge is 0.493 e. The van der Waals surface area contributed by atoms with Crippen molar-refractivity contribution in [3.8, 4) is 22.8 Å². The van der Waals surface area contributed by atoms with Gasteiger partial charge in [0.25, 0.3) is 0 Å². The van der Waals surface area contributed by atoms with Gasteiger partial charge in [0.1, 0.15) is 12.3 Å². The maximum Gasteiger partial charge on any atom is 0.174 e. The third-order valence-corrected chi connectivity index (χ3v) is 4.28. The standard InChI is InChI=1S/C18H19N3O2S/c1-4-10-23-15-7-6-13(11-16(15)22-3)14-12-17-19-8-9-21(17)18(20-14)24-5-2/h4,6-9,11-12H,1,5,10H2,2-3H3. The molecule has 0 saturated heterocycles. The molecule has 2 heterocycles. The summed E-state index contributed by atoms with van der Waals surface area (Å²) < 4.78 is 13.0. The smallest absolute Gasteiger partial charge is 0.174 e. The number of benzene rings is 1. The van der Waals surface area contributed by atoms with E-state index < -0.39 is 0 Å². The Morgan fingerprint density at radius 1 is 1.29 bits per heavy atom. The first kappa shape index (κ1) is 16.4. The number of aromatic nitrogens is 3. The number of thioether (sulfide) groups is 1. The van der Waals surface area contributed by atoms with E-state index in [2.05, 4.69) is 18.5 Å². The molecule has 1 aromatic carbocycles. The summed E-state index contributed by atoms with van der Waals surface area (Å²) in [5.74, 6) is 2.30. The van der Waals surface area contributed by atoms with Gasteiger partial charge >= 0.3 is 0 Å². The van der Waals surface area contributed by atoms with Crippen molar-refractivity contribution in [3.63, 3.8) is 0 Å². The van der Waals surface area contributed by atoms with Crippen LogP contribution in [0.4, 0.5) is 0 Å². The van der Waals surface area contributed by atoms with Gasteiger partial charge in [-0.2, -0.15) is 0 Å². The predicted molar refractivity (Wildman–Crippen MR) is 97.1 cm³/mol. The first-order chi connectivity index (χ1) is 11.8. The van der Waals surface area contributed by atoms with Gasteiger partial charge in [-0.05, 0) is 24.0 Å². The summed E-state index contributed by atoms with van der Waals surface area (Å²) in [6, 6.07) is 7.77. The summed E-state index contributed by atoms with van der Waals surface area (Å²) in [4.78, 5) is 9.16. The first-order valence-electron chi connectivity index (χ1n) is 7.65. The van der Waals surface area contributed by atoms with Gasteiger partial charge in [-0.3, -0.25) is 4.40 Å². The minimum Gasteiger partial charge on any atom is -0.493 e. The van der Waals surface area contributed by atoms with Crippen molar-refractivity contribution in [2.75, 3.05) is 19.5 Å². The molecule has 6 heteroatoms. The Balaban J connectivity index is 2.04. The molecule has 124 valence electrons. The van der Waals surface area contributed by atoms with Crippen LogP contribution >= 0.6 is 11.8 Å². The Labute approximate surface area is 145 Å². The number of ether oxygens (including phenoxy) is 2. The van der Waals surface area contributed by atoms with Crippen molar-refractivity contribution in [1.82, 2.24) is 14.4 Å². The molecule has 0 aliphatic carbocycles. The Morgan fingerprint density at radius 2 is 2.17 bits per heavy atom. The molecule has 0 aliphatic heterocycles. The molecule has 0 unspecified atom stereocenters. The highest BCUT2D eigenvalue weighted by molar-refractivity contribution is 7.99. The van der Waals surface area contributed by atoms with Crippen molar-refractivity contribution in [2.45, 2.75) is 12.1 Å². The number of methoxy groups -OCH3 is 1. The van der Waals surface area contributed by atoms with Gasteiger partial charge in [-0.1, -0.05) is 31.3 Å². The lowest BCUT2D eigenvalue weighted by atomic mass is 10.1. The maximum absolute atomic E-state index is 5.60. The van der Waals surface area contributed by atoms with Crippen LogP contribution in [0.2, 0.25) is 0 Å². The van der Waals surface area contributed by atoms with Crippen LogP contribution in [0.15, 0.2) is 54.5 Å². The molecular formula is C18H19N3O2S. The zero-order valence-electron chi connectivity index (χ0n) is 13.7. The third kappa shape index (κ3) is 3.23. The van der Waals surface area contributed by atoms with Crippen molar-refractivity contribution in [3.05, 3.63) is 49.3 Å². The SMILES string of the molecule is C=CCOc1ccc(-c2cc3nccn3c(SCC)n2)cc1OC. The van der Waals surface area contributed by atoms with E-state index in [0.717, 1.165) is 27.8 Å². The minimum absolute atomic E-state index is 0.436. The fourth-order valence-electron chi connectivity index (χ4n) is 2.37. The molecule has 24 heavy (non-hydrogen) atoms. The van der Waals surface area contributed by atoms with Gasteiger partial charge in [0, 0.05) is 24.0 Å². The van der Waals surface area contributed by atoms with E-state index in [0.29, 0.717) is 18.1 Å². The Hall–Kier alpha value is -2.47. The highest BCUT2D eigenvalue weighted by atomic mass is 32.2. The van der Waals surface area contributed by atoms with E-state index in [1.807, 2.05) is 34.9 Å². The van der Waals surface area contributed by atoms with Crippen LogP contribution < -0.4 is 9.47 Å². The van der Waals surface area contributed by atoms with Crippen LogP contribution in [0.25, 0.3) is 16.9 Å². The van der Waals surface area contributed by atoms with Crippen LogP contribution in [0.5, 0.6) is 11.5 Å². The van der Waals surface area contributed by atoms with Crippen molar-refractivity contribution in [2.24, 2.45) is 0 Å². The zero-order valence-corrected chi connectivity index (χ0v) is 14.5. The lowest BCUT2D eigenvalue weighted by Crippen LogP contribution is -1.98. The third-order valence-electron chi connectivity index (χ3n) is 3.45. The monoisotopic (exact) mass is 341 g/mol. The van der Waals surface area contributed by atoms with Crippen LogP contribution in [0, 0.1) is 0 Å². The second kappa shape index (κ2) is 7.40. The zero-order chi connectivity index (χ0) is 16.9. The molecule has 0 saturated carbocycles. The quantitative estimate of drug-likeness (QED) is 0.368. The first-order valence-corrected chi connectivity index (χ1v) is 8.64. The molecule has 2 aromatic heterocycles. The summed E-state index contributed by atoms with van der Waals surface area (Å²) >= 11 is 1.69. The molecule has 3 aromatic rings. The number of nitrogens with zero attached hydrogens (tertiary/aromatic N) is 3. The molecule has 0 atom stereocenters. The lowest BCUT2D eigenvalue weighted by molar-refractivity contribution is 0.326. The highest BCUT2D eigenvalue weighted by Gasteiger charge is 2.11. The van der Waals surface area contributed by atoms with Crippen molar-refractivity contribution >= 4 is 17.4 Å². The van der Waals surface area contributed by atoms with E-state index >= 15 is 0 Å². The van der Waals surface area contributed by atoms with Crippen molar-refractivity contribution < 1.29 is 9.47 Å². The summed E-state index contributed by atoms with van der Waals surface area (Å²) in [5.41, 5.74) is 2.70. The second-order valence-corrected chi connectivity index (χ2v) is 6.21. The van der Waals surface area contributed by atoms with Gasteiger partial charge in [-0.25, -0.2) is 9.97 Å². The molecule has 3 rings (SSSR count). The Morgan fingerprint density at radius 3 is 2.92 bits per heavy atom. The molecule has 0 radical (unpaired) electrons. The van der Waals surface area contributed by atoms with Gasteiger partial charge in [0.05, 0.1) is 12.8 Å². The molecule has 0 N–H and O–H groups in total. The molecule has 0 aliphatic rings. The Bertz CT molecular complexity index is 861. The van der Waals surface area contributed by atoms with Crippen LogP contribution in [0.1, 0.15) is 6.92 Å². The highest BCUT2D eigenvalue weighted by Crippen LogP contribution is 2.33. The number of hydrogen-bond donors (Lipinski definition) is 0. The summed E-state index contributed by atoms with van der Waals surface area (Å²) in [7, 11) is 1.63. The maximum atomic E-state index is 5.60. The average Bonchev–Trinajstić information content (AvgIpc) is 3.09. The van der Waals surface area contributed by atoms with Gasteiger partial charge in [0.15, 0.2) is 16.7 Å². The minimum atomic E-state index is 0.436. The normalized spacial score (nSPS) is 10.8. The van der Waals surface area contributed by atoms with Crippen LogP contribution in [-0.2, 0) is 0 Å². The van der Waals surface area contributed by atoms with E-state index in [9.17, 15) is 0 Å². The summed E-state index contributed by atoms with van der Waals surface area (Å²) in [6.45, 7) is 6.20. The van der Waals surface area contributed by atoms with Crippen LogP contribution in [-0.4, -0.2) is 33.8 Å². The molecule has 0 bridgehead atoms.